The summed E-state index contributed by atoms with van der Waals surface area (Å²) in [6, 6.07) is 7.60. The van der Waals surface area contributed by atoms with Crippen LogP contribution in [-0.2, 0) is 0 Å². The molecular formula is C18H10Cl4N2O3. The minimum Gasteiger partial charge on any atom is -0.477 e. The molecule has 0 atom stereocenters. The molecule has 0 spiro atoms. The molecule has 27 heavy (non-hydrogen) atoms. The Morgan fingerprint density at radius 2 is 1.74 bits per heavy atom. The van der Waals surface area contributed by atoms with Crippen LogP contribution < -0.4 is 5.56 Å². The Balaban J connectivity index is 2.35. The number of pyridine rings is 2. The van der Waals surface area contributed by atoms with Crippen LogP contribution in [0.3, 0.4) is 0 Å². The van der Waals surface area contributed by atoms with Crippen LogP contribution in [0, 0.1) is 6.92 Å². The molecule has 0 fully saturated rings. The third kappa shape index (κ3) is 3.69. The fourth-order valence-corrected chi connectivity index (χ4v) is 3.43. The van der Waals surface area contributed by atoms with Gasteiger partial charge < -0.3 is 5.11 Å². The number of aromatic carboxylic acids is 1. The van der Waals surface area contributed by atoms with Crippen LogP contribution in [0.2, 0.25) is 20.1 Å². The standard InChI is InChI=1S/C18H10Cl4N2O3/c1-8-4-11(9-2-3-12(20)13(21)5-9)15(18(26)27)17(25)24(8)16-14(22)6-10(19)7-23-16/h2-7H,1H3,(H,26,27). The highest BCUT2D eigenvalue weighted by Gasteiger charge is 2.22. The van der Waals surface area contributed by atoms with E-state index in [4.69, 9.17) is 46.4 Å². The molecule has 0 unspecified atom stereocenters. The molecule has 0 aliphatic heterocycles. The lowest BCUT2D eigenvalue weighted by molar-refractivity contribution is 0.0695. The summed E-state index contributed by atoms with van der Waals surface area (Å²) in [7, 11) is 0. The van der Waals surface area contributed by atoms with Crippen molar-refractivity contribution in [2.45, 2.75) is 6.92 Å². The molecule has 3 aromatic rings. The summed E-state index contributed by atoms with van der Waals surface area (Å²) in [5, 5.41) is 10.6. The highest BCUT2D eigenvalue weighted by atomic mass is 35.5. The van der Waals surface area contributed by atoms with Gasteiger partial charge in [-0.3, -0.25) is 9.36 Å². The molecule has 0 bridgehead atoms. The summed E-state index contributed by atoms with van der Waals surface area (Å²) in [4.78, 5) is 28.9. The van der Waals surface area contributed by atoms with Crippen LogP contribution in [0.4, 0.5) is 0 Å². The first-order valence-electron chi connectivity index (χ1n) is 7.47. The predicted octanol–water partition coefficient (Wildman–Crippen LogP) is 5.52. The number of rotatable bonds is 3. The molecule has 0 saturated heterocycles. The van der Waals surface area contributed by atoms with Gasteiger partial charge in [0.25, 0.3) is 5.56 Å². The van der Waals surface area contributed by atoms with Crippen molar-refractivity contribution in [1.82, 2.24) is 9.55 Å². The van der Waals surface area contributed by atoms with Crippen LogP contribution in [0.1, 0.15) is 16.1 Å². The molecule has 0 amide bonds. The fraction of sp³-hybridized carbons (Fsp3) is 0.0556. The number of hydrogen-bond donors (Lipinski definition) is 1. The SMILES string of the molecule is Cc1cc(-c2ccc(Cl)c(Cl)c2)c(C(=O)O)c(=O)n1-c1ncc(Cl)cc1Cl. The number of hydrogen-bond acceptors (Lipinski definition) is 3. The molecule has 0 radical (unpaired) electrons. The van der Waals surface area contributed by atoms with Gasteiger partial charge in [0.05, 0.1) is 20.1 Å². The second-order valence-electron chi connectivity index (χ2n) is 5.61. The van der Waals surface area contributed by atoms with E-state index in [-0.39, 0.29) is 21.4 Å². The van der Waals surface area contributed by atoms with Crippen molar-refractivity contribution in [3.05, 3.63) is 78.2 Å². The molecule has 2 heterocycles. The summed E-state index contributed by atoms with van der Waals surface area (Å²) in [6.07, 6.45) is 1.32. The molecule has 2 aromatic heterocycles. The predicted molar refractivity (Wildman–Crippen MR) is 107 cm³/mol. The van der Waals surface area contributed by atoms with Gasteiger partial charge in [0.15, 0.2) is 5.82 Å². The summed E-state index contributed by atoms with van der Waals surface area (Å²) in [6.45, 7) is 1.64. The molecule has 9 heteroatoms. The Bertz CT molecular complexity index is 1140. The van der Waals surface area contributed by atoms with Crippen LogP contribution in [0.15, 0.2) is 41.3 Å². The normalized spacial score (nSPS) is 10.9. The maximum Gasteiger partial charge on any atom is 0.342 e. The smallest absolute Gasteiger partial charge is 0.342 e. The average molecular weight is 444 g/mol. The van der Waals surface area contributed by atoms with Crippen molar-refractivity contribution in [2.75, 3.05) is 0 Å². The Labute approximate surface area is 173 Å². The molecule has 1 N–H and O–H groups in total. The number of aromatic nitrogens is 2. The van der Waals surface area contributed by atoms with Gasteiger partial charge in [-0.2, -0.15) is 0 Å². The van der Waals surface area contributed by atoms with Gasteiger partial charge in [-0.1, -0.05) is 52.5 Å². The Morgan fingerprint density at radius 1 is 1.04 bits per heavy atom. The summed E-state index contributed by atoms with van der Waals surface area (Å²) < 4.78 is 1.13. The Kier molecular flexibility index (Phi) is 5.49. The maximum atomic E-state index is 13.0. The number of nitrogens with zero attached hydrogens (tertiary/aromatic N) is 2. The first-order valence-corrected chi connectivity index (χ1v) is 8.98. The summed E-state index contributed by atoms with van der Waals surface area (Å²) in [5.74, 6) is -1.30. The van der Waals surface area contributed by atoms with E-state index in [9.17, 15) is 14.7 Å². The van der Waals surface area contributed by atoms with E-state index in [1.54, 1.807) is 19.1 Å². The van der Waals surface area contributed by atoms with Gasteiger partial charge in [0, 0.05) is 17.5 Å². The number of halogens is 4. The van der Waals surface area contributed by atoms with Crippen molar-refractivity contribution >= 4 is 52.4 Å². The first kappa shape index (κ1) is 19.7. The third-order valence-electron chi connectivity index (χ3n) is 3.84. The minimum absolute atomic E-state index is 0.0896. The van der Waals surface area contributed by atoms with E-state index in [0.29, 0.717) is 21.3 Å². The van der Waals surface area contributed by atoms with Crippen LogP contribution in [0.25, 0.3) is 16.9 Å². The van der Waals surface area contributed by atoms with E-state index in [2.05, 4.69) is 4.98 Å². The van der Waals surface area contributed by atoms with E-state index in [1.807, 2.05) is 0 Å². The minimum atomic E-state index is -1.39. The molecule has 138 valence electrons. The maximum absolute atomic E-state index is 13.0. The number of benzene rings is 1. The monoisotopic (exact) mass is 442 g/mol. The molecular weight excluding hydrogens is 434 g/mol. The zero-order chi connectivity index (χ0) is 19.9. The van der Waals surface area contributed by atoms with Gasteiger partial charge in [-0.05, 0) is 36.8 Å². The van der Waals surface area contributed by atoms with Crippen molar-refractivity contribution in [3.8, 4) is 16.9 Å². The Morgan fingerprint density at radius 3 is 2.33 bits per heavy atom. The quantitative estimate of drug-likeness (QED) is 0.578. The number of carbonyl (C=O) groups is 1. The summed E-state index contributed by atoms with van der Waals surface area (Å²) in [5.41, 5.74) is -0.121. The number of carboxylic acids is 1. The fourth-order valence-electron chi connectivity index (χ4n) is 2.67. The largest absolute Gasteiger partial charge is 0.477 e. The van der Waals surface area contributed by atoms with Gasteiger partial charge in [-0.25, -0.2) is 9.78 Å². The lowest BCUT2D eigenvalue weighted by Crippen LogP contribution is -2.28. The topological polar surface area (TPSA) is 72.2 Å². The van der Waals surface area contributed by atoms with Gasteiger partial charge in [0.2, 0.25) is 0 Å². The molecule has 0 aliphatic rings. The van der Waals surface area contributed by atoms with Crippen molar-refractivity contribution in [1.29, 1.82) is 0 Å². The molecule has 0 saturated carbocycles. The number of aryl methyl sites for hydroxylation is 1. The zero-order valence-corrected chi connectivity index (χ0v) is 16.7. The molecule has 0 aliphatic carbocycles. The highest BCUT2D eigenvalue weighted by Crippen LogP contribution is 2.31. The summed E-state index contributed by atoms with van der Waals surface area (Å²) >= 11 is 24.0. The van der Waals surface area contributed by atoms with Crippen LogP contribution in [0.5, 0.6) is 0 Å². The van der Waals surface area contributed by atoms with Crippen molar-refractivity contribution in [3.63, 3.8) is 0 Å². The van der Waals surface area contributed by atoms with Gasteiger partial charge >= 0.3 is 5.97 Å². The van der Waals surface area contributed by atoms with Crippen LogP contribution >= 0.6 is 46.4 Å². The zero-order valence-electron chi connectivity index (χ0n) is 13.6. The molecule has 3 rings (SSSR count). The van der Waals surface area contributed by atoms with Crippen molar-refractivity contribution < 1.29 is 9.90 Å². The van der Waals surface area contributed by atoms with Crippen LogP contribution in [-0.4, -0.2) is 20.6 Å². The first-order chi connectivity index (χ1) is 12.7. The molecule has 5 nitrogen and oxygen atoms in total. The van der Waals surface area contributed by atoms with E-state index >= 15 is 0 Å². The van der Waals surface area contributed by atoms with E-state index in [1.165, 1.54) is 24.4 Å². The molecule has 1 aromatic carbocycles. The second-order valence-corrected chi connectivity index (χ2v) is 7.27. The Hall–Kier alpha value is -2.05. The lowest BCUT2D eigenvalue weighted by Gasteiger charge is -2.15. The highest BCUT2D eigenvalue weighted by molar-refractivity contribution is 6.42. The van der Waals surface area contributed by atoms with E-state index < -0.39 is 17.1 Å². The second kappa shape index (κ2) is 7.52. The van der Waals surface area contributed by atoms with Gasteiger partial charge in [0.1, 0.15) is 5.56 Å². The third-order valence-corrected chi connectivity index (χ3v) is 5.06. The van der Waals surface area contributed by atoms with Crippen molar-refractivity contribution in [2.24, 2.45) is 0 Å². The number of carboxylic acid groups (broad SMARTS) is 1. The average Bonchev–Trinajstić information content (AvgIpc) is 2.58. The lowest BCUT2D eigenvalue weighted by atomic mass is 10.00. The van der Waals surface area contributed by atoms with E-state index in [0.717, 1.165) is 4.57 Å². The van der Waals surface area contributed by atoms with Gasteiger partial charge in [-0.15, -0.1) is 0 Å².